The van der Waals surface area contributed by atoms with E-state index in [4.69, 9.17) is 13.9 Å². The number of hydrogen-bond acceptors (Lipinski definition) is 6. The summed E-state index contributed by atoms with van der Waals surface area (Å²) in [5.41, 5.74) is 0.630. The fourth-order valence-electron chi connectivity index (χ4n) is 3.94. The van der Waals surface area contributed by atoms with Crippen LogP contribution in [0.3, 0.4) is 0 Å². The van der Waals surface area contributed by atoms with E-state index in [0.717, 1.165) is 24.9 Å². The highest BCUT2D eigenvalue weighted by Crippen LogP contribution is 2.41. The minimum Gasteiger partial charge on any atom is -0.507 e. The van der Waals surface area contributed by atoms with E-state index < -0.39 is 0 Å². The standard InChI is InChI=1S/C24H27NO5.ClH/c1-28-23-21(29-14-8-7-13-25-11-5-6-12-25)16-19(27)22-18(26)15-20(30-24(22)23)17-9-3-2-4-10-17;/h2-4,9-10,15-16,27H,5-8,11-14H2,1H3;1H. The van der Waals surface area contributed by atoms with Crippen molar-refractivity contribution in [3.63, 3.8) is 0 Å². The smallest absolute Gasteiger partial charge is 0.205 e. The number of likely N-dealkylation sites (tertiary alicyclic amines) is 1. The molecule has 1 aliphatic heterocycles. The first kappa shape index (κ1) is 23.0. The molecular formula is C24H28ClNO5. The molecule has 31 heavy (non-hydrogen) atoms. The summed E-state index contributed by atoms with van der Waals surface area (Å²) in [7, 11) is 1.50. The first-order chi connectivity index (χ1) is 14.7. The number of methoxy groups -OCH3 is 1. The molecule has 7 heteroatoms. The highest BCUT2D eigenvalue weighted by Gasteiger charge is 2.20. The van der Waals surface area contributed by atoms with Crippen molar-refractivity contribution in [1.82, 2.24) is 4.90 Å². The number of nitrogens with zero attached hydrogens (tertiary/aromatic N) is 1. The lowest BCUT2D eigenvalue weighted by Gasteiger charge is -2.16. The quantitative estimate of drug-likeness (QED) is 0.499. The highest BCUT2D eigenvalue weighted by molar-refractivity contribution is 5.91. The molecule has 1 fully saturated rings. The normalized spacial score (nSPS) is 13.8. The second-order valence-electron chi connectivity index (χ2n) is 7.58. The van der Waals surface area contributed by atoms with Crippen LogP contribution in [0.2, 0.25) is 0 Å². The molecule has 1 aromatic heterocycles. The lowest BCUT2D eigenvalue weighted by Crippen LogP contribution is -2.20. The summed E-state index contributed by atoms with van der Waals surface area (Å²) >= 11 is 0. The summed E-state index contributed by atoms with van der Waals surface area (Å²) in [5, 5.41) is 10.5. The second kappa shape index (κ2) is 10.6. The number of benzene rings is 2. The van der Waals surface area contributed by atoms with E-state index in [0.29, 0.717) is 23.9 Å². The Hall–Kier alpha value is -2.70. The average Bonchev–Trinajstić information content (AvgIpc) is 3.27. The predicted molar refractivity (Wildman–Crippen MR) is 124 cm³/mol. The van der Waals surface area contributed by atoms with Gasteiger partial charge in [0.1, 0.15) is 16.9 Å². The number of ether oxygens (including phenoxy) is 2. The maximum atomic E-state index is 12.7. The van der Waals surface area contributed by atoms with Gasteiger partial charge >= 0.3 is 0 Å². The number of halogens is 1. The lowest BCUT2D eigenvalue weighted by atomic mass is 10.1. The van der Waals surface area contributed by atoms with Crippen LogP contribution in [0, 0.1) is 0 Å². The van der Waals surface area contributed by atoms with Crippen LogP contribution in [-0.2, 0) is 0 Å². The van der Waals surface area contributed by atoms with E-state index >= 15 is 0 Å². The monoisotopic (exact) mass is 445 g/mol. The molecule has 2 heterocycles. The Bertz CT molecular complexity index is 1060. The summed E-state index contributed by atoms with van der Waals surface area (Å²) < 4.78 is 17.4. The number of hydrogen-bond donors (Lipinski definition) is 1. The molecule has 0 atom stereocenters. The third kappa shape index (κ3) is 5.14. The van der Waals surface area contributed by atoms with Crippen LogP contribution >= 0.6 is 12.4 Å². The molecule has 0 amide bonds. The van der Waals surface area contributed by atoms with E-state index in [1.165, 1.54) is 45.2 Å². The summed E-state index contributed by atoms with van der Waals surface area (Å²) in [6.45, 7) is 3.96. The topological polar surface area (TPSA) is 72.1 Å². The maximum Gasteiger partial charge on any atom is 0.205 e. The molecule has 0 unspecified atom stereocenters. The zero-order valence-corrected chi connectivity index (χ0v) is 18.5. The number of phenols is 1. The Kier molecular flexibility index (Phi) is 7.82. The first-order valence-corrected chi connectivity index (χ1v) is 10.5. The van der Waals surface area contributed by atoms with Gasteiger partial charge in [0.25, 0.3) is 0 Å². The van der Waals surface area contributed by atoms with Gasteiger partial charge in [-0.2, -0.15) is 0 Å². The number of unbranched alkanes of at least 4 members (excludes halogenated alkanes) is 1. The van der Waals surface area contributed by atoms with E-state index in [-0.39, 0.29) is 34.6 Å². The van der Waals surface area contributed by atoms with Crippen LogP contribution in [0.4, 0.5) is 0 Å². The van der Waals surface area contributed by atoms with Crippen molar-refractivity contribution >= 4 is 23.4 Å². The fraction of sp³-hybridized carbons (Fsp3) is 0.375. The summed E-state index contributed by atoms with van der Waals surface area (Å²) in [6, 6.07) is 12.2. The third-order valence-corrected chi connectivity index (χ3v) is 5.49. The largest absolute Gasteiger partial charge is 0.507 e. The molecule has 6 nitrogen and oxygen atoms in total. The molecule has 0 radical (unpaired) electrons. The number of aromatic hydroxyl groups is 1. The van der Waals surface area contributed by atoms with Gasteiger partial charge in [-0.25, -0.2) is 0 Å². The molecule has 2 aromatic carbocycles. The van der Waals surface area contributed by atoms with Gasteiger partial charge in [-0.15, -0.1) is 12.4 Å². The minimum absolute atomic E-state index is 0. The van der Waals surface area contributed by atoms with E-state index in [9.17, 15) is 9.90 Å². The van der Waals surface area contributed by atoms with Gasteiger partial charge in [-0.3, -0.25) is 4.79 Å². The van der Waals surface area contributed by atoms with Crippen LogP contribution in [0.5, 0.6) is 17.2 Å². The maximum absolute atomic E-state index is 12.7. The molecule has 1 saturated heterocycles. The molecular weight excluding hydrogens is 418 g/mol. The van der Waals surface area contributed by atoms with Crippen molar-refractivity contribution < 1.29 is 19.0 Å². The molecule has 166 valence electrons. The van der Waals surface area contributed by atoms with E-state index in [1.54, 1.807) is 0 Å². The first-order valence-electron chi connectivity index (χ1n) is 10.5. The zero-order chi connectivity index (χ0) is 20.9. The molecule has 0 bridgehead atoms. The van der Waals surface area contributed by atoms with Gasteiger partial charge in [0, 0.05) is 17.7 Å². The van der Waals surface area contributed by atoms with Crippen molar-refractivity contribution in [1.29, 1.82) is 0 Å². The Labute approximate surface area is 187 Å². The van der Waals surface area contributed by atoms with Crippen molar-refractivity contribution in [2.24, 2.45) is 0 Å². The summed E-state index contributed by atoms with van der Waals surface area (Å²) in [5.74, 6) is 0.925. The Morgan fingerprint density at radius 1 is 1.10 bits per heavy atom. The molecule has 4 rings (SSSR count). The predicted octanol–water partition coefficient (Wildman–Crippen LogP) is 4.85. The lowest BCUT2D eigenvalue weighted by molar-refractivity contribution is 0.267. The molecule has 0 aliphatic carbocycles. The number of rotatable bonds is 8. The van der Waals surface area contributed by atoms with Gasteiger partial charge in [0.05, 0.1) is 13.7 Å². The third-order valence-electron chi connectivity index (χ3n) is 5.49. The minimum atomic E-state index is -0.330. The number of fused-ring (bicyclic) bond motifs is 1. The average molecular weight is 446 g/mol. The van der Waals surface area contributed by atoms with Crippen LogP contribution in [-0.4, -0.2) is 43.4 Å². The van der Waals surface area contributed by atoms with Gasteiger partial charge in [0.2, 0.25) is 5.75 Å². The van der Waals surface area contributed by atoms with Crippen molar-refractivity contribution in [3.05, 3.63) is 52.7 Å². The number of phenolic OH excluding ortho intramolecular Hbond substituents is 1. The Morgan fingerprint density at radius 3 is 2.55 bits per heavy atom. The molecule has 3 aromatic rings. The van der Waals surface area contributed by atoms with Crippen molar-refractivity contribution in [2.75, 3.05) is 33.4 Å². The highest BCUT2D eigenvalue weighted by atomic mass is 35.5. The Morgan fingerprint density at radius 2 is 1.84 bits per heavy atom. The van der Waals surface area contributed by atoms with Gasteiger partial charge < -0.3 is 23.9 Å². The SMILES string of the molecule is COc1c(OCCCCN2CCCC2)cc(O)c2c(=O)cc(-c3ccccc3)oc12.Cl. The van der Waals surface area contributed by atoms with Crippen LogP contribution in [0.25, 0.3) is 22.3 Å². The molecule has 0 saturated carbocycles. The molecule has 0 spiro atoms. The van der Waals surface area contributed by atoms with Crippen molar-refractivity contribution in [3.8, 4) is 28.6 Å². The van der Waals surface area contributed by atoms with E-state index in [2.05, 4.69) is 4.90 Å². The zero-order valence-electron chi connectivity index (χ0n) is 17.6. The Balaban J connectivity index is 0.00000272. The van der Waals surface area contributed by atoms with Crippen LogP contribution in [0.1, 0.15) is 25.7 Å². The second-order valence-corrected chi connectivity index (χ2v) is 7.58. The van der Waals surface area contributed by atoms with Crippen LogP contribution in [0.15, 0.2) is 51.7 Å². The van der Waals surface area contributed by atoms with Gasteiger partial charge in [-0.1, -0.05) is 30.3 Å². The van der Waals surface area contributed by atoms with Crippen LogP contribution < -0.4 is 14.9 Å². The van der Waals surface area contributed by atoms with Gasteiger partial charge in [0.15, 0.2) is 16.8 Å². The molecule has 1 aliphatic rings. The summed E-state index contributed by atoms with van der Waals surface area (Å²) in [4.78, 5) is 15.2. The van der Waals surface area contributed by atoms with Gasteiger partial charge in [-0.05, 0) is 45.3 Å². The molecule has 1 N–H and O–H groups in total. The summed E-state index contributed by atoms with van der Waals surface area (Å²) in [6.07, 6.45) is 4.53. The van der Waals surface area contributed by atoms with E-state index in [1.807, 2.05) is 30.3 Å². The van der Waals surface area contributed by atoms with Crippen molar-refractivity contribution in [2.45, 2.75) is 25.7 Å². The fourth-order valence-corrected chi connectivity index (χ4v) is 3.94.